The molecule has 0 aliphatic carbocycles. The predicted molar refractivity (Wildman–Crippen MR) is 84.1 cm³/mol. The number of carbonyl (C=O) groups is 1. The largest absolute Gasteiger partial charge is 0.334 e. The van der Waals surface area contributed by atoms with Crippen LogP contribution in [0.2, 0.25) is 0 Å². The zero-order chi connectivity index (χ0) is 15.4. The van der Waals surface area contributed by atoms with Crippen molar-refractivity contribution in [2.75, 3.05) is 5.32 Å². The third-order valence-corrected chi connectivity index (χ3v) is 3.17. The molecule has 0 saturated carbocycles. The van der Waals surface area contributed by atoms with Crippen LogP contribution in [0.4, 0.5) is 5.69 Å². The van der Waals surface area contributed by atoms with Crippen molar-refractivity contribution in [2.24, 2.45) is 0 Å². The topological polar surface area (TPSA) is 68.0 Å². The Morgan fingerprint density at radius 2 is 1.86 bits per heavy atom. The van der Waals surface area contributed by atoms with E-state index in [1.807, 2.05) is 61.5 Å². The van der Waals surface area contributed by atoms with Gasteiger partial charge < -0.3 is 9.84 Å². The van der Waals surface area contributed by atoms with E-state index in [4.69, 9.17) is 4.52 Å². The van der Waals surface area contributed by atoms with Crippen molar-refractivity contribution in [3.05, 3.63) is 54.6 Å². The van der Waals surface area contributed by atoms with Crippen molar-refractivity contribution in [3.63, 3.8) is 0 Å². The van der Waals surface area contributed by atoms with Crippen molar-refractivity contribution in [3.8, 4) is 22.8 Å². The first-order valence-corrected chi connectivity index (χ1v) is 7.05. The molecule has 3 rings (SSSR count). The lowest BCUT2D eigenvalue weighted by atomic mass is 10.2. The minimum absolute atomic E-state index is 0.0346. The van der Waals surface area contributed by atoms with Gasteiger partial charge in [-0.1, -0.05) is 48.5 Å². The van der Waals surface area contributed by atoms with E-state index in [0.717, 1.165) is 11.1 Å². The van der Waals surface area contributed by atoms with E-state index >= 15 is 0 Å². The summed E-state index contributed by atoms with van der Waals surface area (Å²) in [5, 5.41) is 6.81. The molecule has 0 aliphatic heterocycles. The minimum Gasteiger partial charge on any atom is -0.334 e. The molecular weight excluding hydrogens is 278 g/mol. The van der Waals surface area contributed by atoms with Gasteiger partial charge >= 0.3 is 0 Å². The van der Waals surface area contributed by atoms with E-state index in [1.54, 1.807) is 0 Å². The second kappa shape index (κ2) is 6.22. The van der Waals surface area contributed by atoms with Crippen molar-refractivity contribution in [1.29, 1.82) is 0 Å². The molecule has 1 amide bonds. The molecule has 0 aliphatic rings. The highest BCUT2D eigenvalue weighted by Crippen LogP contribution is 2.24. The Morgan fingerprint density at radius 3 is 2.64 bits per heavy atom. The molecule has 5 nitrogen and oxygen atoms in total. The van der Waals surface area contributed by atoms with Gasteiger partial charge in [0, 0.05) is 23.2 Å². The summed E-state index contributed by atoms with van der Waals surface area (Å²) >= 11 is 0. The van der Waals surface area contributed by atoms with Gasteiger partial charge in [0.15, 0.2) is 0 Å². The number of nitrogens with zero attached hydrogens (tertiary/aromatic N) is 2. The summed E-state index contributed by atoms with van der Waals surface area (Å²) in [6, 6.07) is 17.0. The number of hydrogen-bond donors (Lipinski definition) is 1. The lowest BCUT2D eigenvalue weighted by Crippen LogP contribution is -2.09. The van der Waals surface area contributed by atoms with Gasteiger partial charge in [0.25, 0.3) is 5.89 Å². The molecule has 22 heavy (non-hydrogen) atoms. The smallest absolute Gasteiger partial charge is 0.258 e. The van der Waals surface area contributed by atoms with Crippen LogP contribution in [0.5, 0.6) is 0 Å². The highest BCUT2D eigenvalue weighted by Gasteiger charge is 2.11. The minimum atomic E-state index is -0.0346. The van der Waals surface area contributed by atoms with Crippen molar-refractivity contribution < 1.29 is 9.32 Å². The number of benzene rings is 2. The Morgan fingerprint density at radius 1 is 1.09 bits per heavy atom. The monoisotopic (exact) mass is 293 g/mol. The van der Waals surface area contributed by atoms with Crippen LogP contribution in [0.15, 0.2) is 59.1 Å². The standard InChI is InChI=1S/C17H15N3O2/c1-2-15(21)18-14-10-6-9-13(11-14)17-19-16(20-22-17)12-7-4-3-5-8-12/h3-11H,2H2,1H3,(H,18,21). The lowest BCUT2D eigenvalue weighted by Gasteiger charge is -2.03. The van der Waals surface area contributed by atoms with Crippen molar-refractivity contribution in [2.45, 2.75) is 13.3 Å². The van der Waals surface area contributed by atoms with Crippen LogP contribution in [0, 0.1) is 0 Å². The quantitative estimate of drug-likeness (QED) is 0.795. The summed E-state index contributed by atoms with van der Waals surface area (Å²) in [5.74, 6) is 0.928. The number of aromatic nitrogens is 2. The van der Waals surface area contributed by atoms with E-state index in [1.165, 1.54) is 0 Å². The fraction of sp³-hybridized carbons (Fsp3) is 0.118. The van der Waals surface area contributed by atoms with E-state index in [9.17, 15) is 4.79 Å². The van der Waals surface area contributed by atoms with E-state index in [-0.39, 0.29) is 5.91 Å². The van der Waals surface area contributed by atoms with E-state index in [2.05, 4.69) is 15.5 Å². The van der Waals surface area contributed by atoms with Crippen LogP contribution in [0.3, 0.4) is 0 Å². The summed E-state index contributed by atoms with van der Waals surface area (Å²) in [4.78, 5) is 15.9. The fourth-order valence-electron chi connectivity index (χ4n) is 2.02. The molecule has 0 bridgehead atoms. The molecular formula is C17H15N3O2. The summed E-state index contributed by atoms with van der Waals surface area (Å²) in [6.45, 7) is 1.81. The first-order valence-electron chi connectivity index (χ1n) is 7.05. The number of carbonyl (C=O) groups excluding carboxylic acids is 1. The summed E-state index contributed by atoms with van der Waals surface area (Å²) in [7, 11) is 0. The lowest BCUT2D eigenvalue weighted by molar-refractivity contribution is -0.115. The normalized spacial score (nSPS) is 10.4. The molecule has 0 unspecified atom stereocenters. The van der Waals surface area contributed by atoms with E-state index in [0.29, 0.717) is 23.8 Å². The van der Waals surface area contributed by atoms with Crippen LogP contribution in [0.1, 0.15) is 13.3 Å². The molecule has 0 atom stereocenters. The third-order valence-electron chi connectivity index (χ3n) is 3.17. The molecule has 1 aromatic heterocycles. The molecule has 0 spiro atoms. The summed E-state index contributed by atoms with van der Waals surface area (Å²) in [6.07, 6.45) is 0.433. The Kier molecular flexibility index (Phi) is 3.96. The molecule has 5 heteroatoms. The van der Waals surface area contributed by atoms with Crippen LogP contribution in [-0.2, 0) is 4.79 Å². The van der Waals surface area contributed by atoms with Crippen molar-refractivity contribution >= 4 is 11.6 Å². The second-order valence-corrected chi connectivity index (χ2v) is 4.77. The first kappa shape index (κ1) is 14.0. The maximum Gasteiger partial charge on any atom is 0.258 e. The second-order valence-electron chi connectivity index (χ2n) is 4.77. The van der Waals surface area contributed by atoms with Gasteiger partial charge in [-0.25, -0.2) is 0 Å². The average Bonchev–Trinajstić information content (AvgIpc) is 3.06. The third kappa shape index (κ3) is 3.03. The van der Waals surface area contributed by atoms with Crippen LogP contribution >= 0.6 is 0 Å². The van der Waals surface area contributed by atoms with Gasteiger partial charge in [0.1, 0.15) is 0 Å². The fourth-order valence-corrected chi connectivity index (χ4v) is 2.02. The van der Waals surface area contributed by atoms with E-state index < -0.39 is 0 Å². The number of nitrogens with one attached hydrogen (secondary N) is 1. The molecule has 0 saturated heterocycles. The first-order chi connectivity index (χ1) is 10.8. The average molecular weight is 293 g/mol. The van der Waals surface area contributed by atoms with Crippen LogP contribution in [0.25, 0.3) is 22.8 Å². The Bertz CT molecular complexity index is 781. The zero-order valence-corrected chi connectivity index (χ0v) is 12.1. The number of rotatable bonds is 4. The predicted octanol–water partition coefficient (Wildman–Crippen LogP) is 3.75. The number of anilines is 1. The Balaban J connectivity index is 1.87. The van der Waals surface area contributed by atoms with Gasteiger partial charge in [-0.05, 0) is 18.2 Å². The molecule has 1 heterocycles. The molecule has 0 radical (unpaired) electrons. The Labute approximate surface area is 128 Å². The summed E-state index contributed by atoms with van der Waals surface area (Å²) < 4.78 is 5.32. The van der Waals surface area contributed by atoms with Gasteiger partial charge in [0.05, 0.1) is 0 Å². The molecule has 0 fully saturated rings. The zero-order valence-electron chi connectivity index (χ0n) is 12.1. The number of hydrogen-bond acceptors (Lipinski definition) is 4. The molecule has 1 N–H and O–H groups in total. The van der Waals surface area contributed by atoms with Crippen LogP contribution in [-0.4, -0.2) is 16.0 Å². The summed E-state index contributed by atoms with van der Waals surface area (Å²) in [5.41, 5.74) is 2.38. The molecule has 2 aromatic carbocycles. The van der Waals surface area contributed by atoms with Crippen molar-refractivity contribution in [1.82, 2.24) is 10.1 Å². The SMILES string of the molecule is CCC(=O)Nc1cccc(-c2nc(-c3ccccc3)no2)c1. The van der Waals surface area contributed by atoms with Gasteiger partial charge in [0.2, 0.25) is 11.7 Å². The van der Waals surface area contributed by atoms with Gasteiger partial charge in [-0.15, -0.1) is 0 Å². The number of amides is 1. The molecule has 3 aromatic rings. The highest BCUT2D eigenvalue weighted by atomic mass is 16.5. The van der Waals surface area contributed by atoms with Crippen LogP contribution < -0.4 is 5.32 Å². The highest BCUT2D eigenvalue weighted by molar-refractivity contribution is 5.91. The molecule has 110 valence electrons. The van der Waals surface area contributed by atoms with Gasteiger partial charge in [-0.2, -0.15) is 4.98 Å². The maximum atomic E-state index is 11.5. The maximum absolute atomic E-state index is 11.5. The van der Waals surface area contributed by atoms with Gasteiger partial charge in [-0.3, -0.25) is 4.79 Å². The Hall–Kier alpha value is -2.95.